The van der Waals surface area contributed by atoms with Gasteiger partial charge in [0.25, 0.3) is 0 Å². The van der Waals surface area contributed by atoms with E-state index in [4.69, 9.17) is 21.8 Å². The van der Waals surface area contributed by atoms with Crippen molar-refractivity contribution in [1.29, 1.82) is 0 Å². The van der Waals surface area contributed by atoms with Gasteiger partial charge in [0, 0.05) is 19.1 Å². The number of nitrogens with one attached hydrogen (secondary N) is 2. The van der Waals surface area contributed by atoms with E-state index in [2.05, 4.69) is 58.0 Å². The maximum Gasteiger partial charge on any atom is 0.303 e. The topological polar surface area (TPSA) is 102 Å². The third kappa shape index (κ3) is 7.45. The monoisotopic (exact) mass is 473 g/mol. The lowest BCUT2D eigenvalue weighted by Gasteiger charge is -2.34. The molecule has 33 heavy (non-hydrogen) atoms. The number of hydrogen-bond donors (Lipinski definition) is 4. The van der Waals surface area contributed by atoms with Crippen LogP contribution in [-0.2, 0) is 29.0 Å². The maximum atomic E-state index is 9.64. The molecule has 1 unspecified atom stereocenters. The number of rotatable bonds is 7. The normalized spacial score (nSPS) is 17.3. The zero-order chi connectivity index (χ0) is 23.6. The summed E-state index contributed by atoms with van der Waals surface area (Å²) in [6, 6.07) is 15.6. The Bertz CT molecular complexity index is 919. The number of nitrogens with zero attached hydrogens (tertiary/aromatic N) is 1. The molecule has 2 aromatic carbocycles. The third-order valence-electron chi connectivity index (χ3n) is 5.96. The molecule has 2 aliphatic rings. The minimum absolute atomic E-state index is 0.296. The molecule has 7 nitrogen and oxygen atoms in total. The minimum atomic E-state index is -1.08. The minimum Gasteiger partial charge on any atom is -0.481 e. The van der Waals surface area contributed by atoms with Crippen molar-refractivity contribution in [3.8, 4) is 0 Å². The molecule has 1 atom stereocenters. The molecule has 2 aliphatic heterocycles. The van der Waals surface area contributed by atoms with Crippen molar-refractivity contribution in [2.24, 2.45) is 0 Å². The SMILES string of the molecule is Clc1ccc2c(c1N(Cc1ccccc1)C1CCNC1)CCNCC2.O=C(O)CCC(=O)O. The van der Waals surface area contributed by atoms with Crippen LogP contribution in [0.5, 0.6) is 0 Å². The van der Waals surface area contributed by atoms with Gasteiger partial charge >= 0.3 is 11.9 Å². The number of anilines is 1. The smallest absolute Gasteiger partial charge is 0.303 e. The van der Waals surface area contributed by atoms with E-state index in [1.807, 2.05) is 0 Å². The lowest BCUT2D eigenvalue weighted by atomic mass is 9.98. The Balaban J connectivity index is 0.000000331. The van der Waals surface area contributed by atoms with Crippen LogP contribution in [0.3, 0.4) is 0 Å². The van der Waals surface area contributed by atoms with E-state index in [9.17, 15) is 9.59 Å². The highest BCUT2D eigenvalue weighted by molar-refractivity contribution is 6.33. The average Bonchev–Trinajstić information content (AvgIpc) is 3.23. The second-order valence-electron chi connectivity index (χ2n) is 8.33. The number of fused-ring (bicyclic) bond motifs is 1. The van der Waals surface area contributed by atoms with E-state index in [1.165, 1.54) is 28.8 Å². The Labute approximate surface area is 199 Å². The van der Waals surface area contributed by atoms with Crippen molar-refractivity contribution < 1.29 is 19.8 Å². The van der Waals surface area contributed by atoms with E-state index in [0.29, 0.717) is 6.04 Å². The summed E-state index contributed by atoms with van der Waals surface area (Å²) in [5, 5.41) is 23.7. The van der Waals surface area contributed by atoms with E-state index >= 15 is 0 Å². The molecule has 0 aromatic heterocycles. The molecule has 0 saturated carbocycles. The number of carbonyl (C=O) groups is 2. The van der Waals surface area contributed by atoms with Gasteiger partial charge in [-0.2, -0.15) is 0 Å². The van der Waals surface area contributed by atoms with Crippen molar-refractivity contribution in [3.05, 3.63) is 64.2 Å². The van der Waals surface area contributed by atoms with Crippen LogP contribution in [0.25, 0.3) is 0 Å². The van der Waals surface area contributed by atoms with Gasteiger partial charge in [0.15, 0.2) is 0 Å². The Hall–Kier alpha value is -2.61. The Kier molecular flexibility index (Phi) is 9.54. The molecule has 0 aliphatic carbocycles. The van der Waals surface area contributed by atoms with E-state index in [1.54, 1.807) is 0 Å². The number of aliphatic carboxylic acids is 2. The second-order valence-corrected chi connectivity index (χ2v) is 8.74. The fourth-order valence-corrected chi connectivity index (χ4v) is 4.61. The third-order valence-corrected chi connectivity index (χ3v) is 6.27. The van der Waals surface area contributed by atoms with Crippen molar-refractivity contribution in [2.45, 2.75) is 44.7 Å². The predicted molar refractivity (Wildman–Crippen MR) is 130 cm³/mol. The molecule has 1 saturated heterocycles. The van der Waals surface area contributed by atoms with Crippen LogP contribution in [0.15, 0.2) is 42.5 Å². The highest BCUT2D eigenvalue weighted by atomic mass is 35.5. The van der Waals surface area contributed by atoms with Crippen LogP contribution in [0.2, 0.25) is 5.02 Å². The highest BCUT2D eigenvalue weighted by Crippen LogP contribution is 2.37. The van der Waals surface area contributed by atoms with E-state index < -0.39 is 11.9 Å². The molecule has 178 valence electrons. The zero-order valence-electron chi connectivity index (χ0n) is 18.7. The lowest BCUT2D eigenvalue weighted by Crippen LogP contribution is -2.37. The number of hydrogen-bond acceptors (Lipinski definition) is 5. The molecule has 8 heteroatoms. The first-order valence-electron chi connectivity index (χ1n) is 11.4. The van der Waals surface area contributed by atoms with Gasteiger partial charge in [0.1, 0.15) is 0 Å². The summed E-state index contributed by atoms with van der Waals surface area (Å²) in [6.07, 6.45) is 2.72. The van der Waals surface area contributed by atoms with Crippen LogP contribution < -0.4 is 15.5 Å². The fourth-order valence-electron chi connectivity index (χ4n) is 4.32. The molecular formula is C25H32ClN3O4. The molecule has 0 radical (unpaired) electrons. The van der Waals surface area contributed by atoms with Gasteiger partial charge in [-0.3, -0.25) is 9.59 Å². The van der Waals surface area contributed by atoms with Gasteiger partial charge in [-0.25, -0.2) is 0 Å². The summed E-state index contributed by atoms with van der Waals surface area (Å²) >= 11 is 6.77. The average molecular weight is 474 g/mol. The van der Waals surface area contributed by atoms with Crippen LogP contribution in [0, 0.1) is 0 Å². The van der Waals surface area contributed by atoms with Gasteiger partial charge in [0.2, 0.25) is 0 Å². The Morgan fingerprint density at radius 2 is 1.64 bits per heavy atom. The number of halogens is 1. The van der Waals surface area contributed by atoms with Crippen LogP contribution >= 0.6 is 11.6 Å². The lowest BCUT2D eigenvalue weighted by molar-refractivity contribution is -0.143. The fraction of sp³-hybridized carbons (Fsp3) is 0.440. The van der Waals surface area contributed by atoms with Crippen molar-refractivity contribution in [2.75, 3.05) is 31.1 Å². The van der Waals surface area contributed by atoms with Gasteiger partial charge in [-0.1, -0.05) is 48.0 Å². The zero-order valence-corrected chi connectivity index (χ0v) is 19.5. The number of benzene rings is 2. The molecule has 4 rings (SSSR count). The largest absolute Gasteiger partial charge is 0.481 e. The molecule has 0 bridgehead atoms. The van der Waals surface area contributed by atoms with Crippen molar-refractivity contribution in [1.82, 2.24) is 10.6 Å². The Morgan fingerprint density at radius 1 is 0.939 bits per heavy atom. The number of carboxylic acids is 2. The molecular weight excluding hydrogens is 442 g/mol. The Morgan fingerprint density at radius 3 is 2.27 bits per heavy atom. The van der Waals surface area contributed by atoms with Gasteiger partial charge in [-0.15, -0.1) is 0 Å². The first-order chi connectivity index (χ1) is 16.0. The molecule has 0 spiro atoms. The quantitative estimate of drug-likeness (QED) is 0.489. The summed E-state index contributed by atoms with van der Waals surface area (Å²) in [5.74, 6) is -2.15. The summed E-state index contributed by atoms with van der Waals surface area (Å²) in [4.78, 5) is 21.8. The van der Waals surface area contributed by atoms with Gasteiger partial charge < -0.3 is 25.7 Å². The maximum absolute atomic E-state index is 9.64. The van der Waals surface area contributed by atoms with Gasteiger partial charge in [-0.05, 0) is 61.7 Å². The first-order valence-corrected chi connectivity index (χ1v) is 11.8. The summed E-state index contributed by atoms with van der Waals surface area (Å²) in [6.45, 7) is 5.12. The molecule has 0 amide bonds. The molecule has 2 heterocycles. The summed E-state index contributed by atoms with van der Waals surface area (Å²) in [5.41, 5.74) is 5.50. The van der Waals surface area contributed by atoms with E-state index in [0.717, 1.165) is 50.6 Å². The molecule has 1 fully saturated rings. The van der Waals surface area contributed by atoms with Gasteiger partial charge in [0.05, 0.1) is 23.6 Å². The van der Waals surface area contributed by atoms with Crippen molar-refractivity contribution >= 4 is 29.2 Å². The highest BCUT2D eigenvalue weighted by Gasteiger charge is 2.27. The van der Waals surface area contributed by atoms with Crippen LogP contribution in [0.4, 0.5) is 5.69 Å². The van der Waals surface area contributed by atoms with Crippen LogP contribution in [0.1, 0.15) is 36.0 Å². The number of carboxylic acid groups (broad SMARTS) is 2. The van der Waals surface area contributed by atoms with Crippen molar-refractivity contribution in [3.63, 3.8) is 0 Å². The molecule has 2 aromatic rings. The summed E-state index contributed by atoms with van der Waals surface area (Å²) in [7, 11) is 0. The standard InChI is InChI=1S/C21H26ClN3.C4H6O4/c22-20-7-6-17-8-11-23-13-10-19(17)21(20)25(18-9-12-24-14-18)15-16-4-2-1-3-5-16;5-3(6)1-2-4(7)8/h1-7,18,23-24H,8-15H2;1-2H2,(H,5,6)(H,7,8). The van der Waals surface area contributed by atoms with E-state index in [-0.39, 0.29) is 12.8 Å². The molecule has 4 N–H and O–H groups in total. The predicted octanol–water partition coefficient (Wildman–Crippen LogP) is 3.33. The first kappa shape index (κ1) is 25.0. The second kappa shape index (κ2) is 12.6. The summed E-state index contributed by atoms with van der Waals surface area (Å²) < 4.78 is 0. The van der Waals surface area contributed by atoms with Crippen LogP contribution in [-0.4, -0.2) is 54.4 Å².